The Balaban J connectivity index is 1.60. The van der Waals surface area contributed by atoms with Gasteiger partial charge in [0.25, 0.3) is 5.56 Å². The topological polar surface area (TPSA) is 103 Å². The van der Waals surface area contributed by atoms with Gasteiger partial charge in [0.05, 0.1) is 28.8 Å². The Kier molecular flexibility index (Phi) is 6.18. The first-order valence-electron chi connectivity index (χ1n) is 9.76. The summed E-state index contributed by atoms with van der Waals surface area (Å²) >= 11 is 3.38. The molecule has 0 aliphatic carbocycles. The van der Waals surface area contributed by atoms with Gasteiger partial charge in [0.15, 0.2) is 0 Å². The Labute approximate surface area is 190 Å². The number of rotatable bonds is 6. The van der Waals surface area contributed by atoms with Gasteiger partial charge < -0.3 is 14.5 Å². The van der Waals surface area contributed by atoms with E-state index in [2.05, 4.69) is 25.9 Å². The average Bonchev–Trinajstić information content (AvgIpc) is 2.79. The van der Waals surface area contributed by atoms with Crippen molar-refractivity contribution in [1.82, 2.24) is 14.5 Å². The zero-order valence-corrected chi connectivity index (χ0v) is 18.6. The lowest BCUT2D eigenvalue weighted by Crippen LogP contribution is -2.33. The standard InChI is InChI=1S/C23H18BrN3O5/c1-2-31-20-11-15(18(24)12-25-20)13-32-22(29)14-8-9-17-19(10-14)26-23(30)27(21(17)28)16-6-4-3-5-7-16/h3-12H,2,13H2,1H3,(H,26,30). The molecule has 0 saturated carbocycles. The van der Waals surface area contributed by atoms with E-state index in [9.17, 15) is 14.4 Å². The van der Waals surface area contributed by atoms with Crippen LogP contribution in [0.1, 0.15) is 22.8 Å². The zero-order valence-electron chi connectivity index (χ0n) is 17.0. The molecule has 0 atom stereocenters. The molecule has 4 aromatic rings. The van der Waals surface area contributed by atoms with Gasteiger partial charge in [-0.25, -0.2) is 19.1 Å². The van der Waals surface area contributed by atoms with Crippen LogP contribution >= 0.6 is 15.9 Å². The fourth-order valence-corrected chi connectivity index (χ4v) is 3.51. The lowest BCUT2D eigenvalue weighted by molar-refractivity contribution is 0.0471. The summed E-state index contributed by atoms with van der Waals surface area (Å²) in [5.74, 6) is -0.165. The molecule has 0 unspecified atom stereocenters. The van der Waals surface area contributed by atoms with E-state index in [1.54, 1.807) is 42.6 Å². The number of aromatic nitrogens is 3. The number of carbonyl (C=O) groups is 1. The summed E-state index contributed by atoms with van der Waals surface area (Å²) in [6.07, 6.45) is 1.58. The number of para-hydroxylation sites is 1. The third-order valence-electron chi connectivity index (χ3n) is 4.71. The van der Waals surface area contributed by atoms with E-state index in [0.717, 1.165) is 4.57 Å². The van der Waals surface area contributed by atoms with Crippen molar-refractivity contribution < 1.29 is 14.3 Å². The van der Waals surface area contributed by atoms with Crippen LogP contribution in [0.3, 0.4) is 0 Å². The Hall–Kier alpha value is -3.72. The molecule has 9 heteroatoms. The third-order valence-corrected chi connectivity index (χ3v) is 5.42. The Morgan fingerprint density at radius 1 is 1.12 bits per heavy atom. The molecule has 0 amide bonds. The molecule has 0 aliphatic heterocycles. The van der Waals surface area contributed by atoms with E-state index in [1.807, 2.05) is 6.92 Å². The average molecular weight is 496 g/mol. The number of H-pyrrole nitrogens is 1. The van der Waals surface area contributed by atoms with Gasteiger partial charge in [0, 0.05) is 22.3 Å². The van der Waals surface area contributed by atoms with Crippen molar-refractivity contribution in [1.29, 1.82) is 0 Å². The maximum absolute atomic E-state index is 12.9. The second-order valence-electron chi connectivity index (χ2n) is 6.79. The largest absolute Gasteiger partial charge is 0.478 e. The highest BCUT2D eigenvalue weighted by atomic mass is 79.9. The van der Waals surface area contributed by atoms with Crippen LogP contribution in [0.4, 0.5) is 0 Å². The number of nitrogens with zero attached hydrogens (tertiary/aromatic N) is 2. The summed E-state index contributed by atoms with van der Waals surface area (Å²) in [4.78, 5) is 44.8. The number of fused-ring (bicyclic) bond motifs is 1. The number of halogens is 1. The second-order valence-corrected chi connectivity index (χ2v) is 7.64. The van der Waals surface area contributed by atoms with E-state index in [-0.39, 0.29) is 23.1 Å². The van der Waals surface area contributed by atoms with Gasteiger partial charge in [-0.1, -0.05) is 18.2 Å². The highest BCUT2D eigenvalue weighted by molar-refractivity contribution is 9.10. The molecular formula is C23H18BrN3O5. The van der Waals surface area contributed by atoms with Crippen LogP contribution in [0.15, 0.2) is 74.9 Å². The van der Waals surface area contributed by atoms with Crippen molar-refractivity contribution in [2.75, 3.05) is 6.61 Å². The molecule has 8 nitrogen and oxygen atoms in total. The molecule has 0 aliphatic rings. The molecule has 4 rings (SSSR count). The summed E-state index contributed by atoms with van der Waals surface area (Å²) < 4.78 is 12.5. The number of hydrogen-bond donors (Lipinski definition) is 1. The van der Waals surface area contributed by atoms with Gasteiger partial charge in [-0.15, -0.1) is 0 Å². The van der Waals surface area contributed by atoms with Gasteiger partial charge in [-0.3, -0.25) is 4.79 Å². The molecule has 0 radical (unpaired) electrons. The quantitative estimate of drug-likeness (QED) is 0.410. The number of esters is 1. The summed E-state index contributed by atoms with van der Waals surface area (Å²) in [7, 11) is 0. The van der Waals surface area contributed by atoms with Gasteiger partial charge in [-0.05, 0) is 53.2 Å². The molecule has 0 saturated heterocycles. The molecule has 32 heavy (non-hydrogen) atoms. The second kappa shape index (κ2) is 9.19. The van der Waals surface area contributed by atoms with Crippen LogP contribution in [-0.4, -0.2) is 27.1 Å². The summed E-state index contributed by atoms with van der Waals surface area (Å²) in [6.45, 7) is 2.31. The summed E-state index contributed by atoms with van der Waals surface area (Å²) in [5.41, 5.74) is 0.545. The van der Waals surface area contributed by atoms with Crippen LogP contribution < -0.4 is 16.0 Å². The van der Waals surface area contributed by atoms with Crippen molar-refractivity contribution in [3.05, 3.63) is 97.2 Å². The zero-order chi connectivity index (χ0) is 22.7. The first-order valence-corrected chi connectivity index (χ1v) is 10.6. The van der Waals surface area contributed by atoms with Crippen molar-refractivity contribution >= 4 is 32.8 Å². The normalized spacial score (nSPS) is 10.8. The number of pyridine rings is 1. The number of ether oxygens (including phenoxy) is 2. The van der Waals surface area contributed by atoms with Gasteiger partial charge >= 0.3 is 11.7 Å². The van der Waals surface area contributed by atoms with E-state index < -0.39 is 17.2 Å². The summed E-state index contributed by atoms with van der Waals surface area (Å²) in [5, 5.41) is 0.281. The van der Waals surface area contributed by atoms with Crippen LogP contribution in [0, 0.1) is 0 Å². The monoisotopic (exact) mass is 495 g/mol. The van der Waals surface area contributed by atoms with Crippen molar-refractivity contribution in [2.45, 2.75) is 13.5 Å². The van der Waals surface area contributed by atoms with E-state index in [4.69, 9.17) is 9.47 Å². The fourth-order valence-electron chi connectivity index (χ4n) is 3.18. The molecule has 2 aromatic heterocycles. The van der Waals surface area contributed by atoms with Crippen LogP contribution in [-0.2, 0) is 11.3 Å². The molecule has 162 valence electrons. The highest BCUT2D eigenvalue weighted by Gasteiger charge is 2.14. The van der Waals surface area contributed by atoms with Gasteiger partial charge in [0.1, 0.15) is 6.61 Å². The summed E-state index contributed by atoms with van der Waals surface area (Å²) in [6, 6.07) is 14.7. The van der Waals surface area contributed by atoms with Crippen LogP contribution in [0.2, 0.25) is 0 Å². The first-order chi connectivity index (χ1) is 15.5. The fraction of sp³-hybridized carbons (Fsp3) is 0.130. The first kappa shape index (κ1) is 21.5. The van der Waals surface area contributed by atoms with E-state index in [0.29, 0.717) is 28.2 Å². The third kappa shape index (κ3) is 4.33. The number of benzene rings is 2. The maximum atomic E-state index is 12.9. The molecule has 0 bridgehead atoms. The molecule has 0 fully saturated rings. The van der Waals surface area contributed by atoms with Crippen LogP contribution in [0.25, 0.3) is 16.6 Å². The van der Waals surface area contributed by atoms with Crippen molar-refractivity contribution in [3.8, 4) is 11.6 Å². The SMILES string of the molecule is CCOc1cc(COC(=O)c2ccc3c(=O)n(-c4ccccc4)c(=O)[nH]c3c2)c(Br)cn1. The number of carbonyl (C=O) groups excluding carboxylic acids is 1. The molecule has 2 aromatic carbocycles. The van der Waals surface area contributed by atoms with Crippen LogP contribution in [0.5, 0.6) is 5.88 Å². The van der Waals surface area contributed by atoms with Gasteiger partial charge in [-0.2, -0.15) is 0 Å². The van der Waals surface area contributed by atoms with Gasteiger partial charge in [0.2, 0.25) is 5.88 Å². The Morgan fingerprint density at radius 2 is 1.91 bits per heavy atom. The maximum Gasteiger partial charge on any atom is 0.338 e. The smallest absolute Gasteiger partial charge is 0.338 e. The van der Waals surface area contributed by atoms with Crippen molar-refractivity contribution in [2.24, 2.45) is 0 Å². The predicted octanol–water partition coefficient (Wildman–Crippen LogP) is 3.59. The molecule has 0 spiro atoms. The number of hydrogen-bond acceptors (Lipinski definition) is 6. The number of aromatic amines is 1. The van der Waals surface area contributed by atoms with E-state index in [1.165, 1.54) is 18.2 Å². The predicted molar refractivity (Wildman–Crippen MR) is 122 cm³/mol. The Bertz CT molecular complexity index is 1410. The highest BCUT2D eigenvalue weighted by Crippen LogP contribution is 2.21. The minimum atomic E-state index is -0.596. The lowest BCUT2D eigenvalue weighted by Gasteiger charge is -2.10. The molecular weight excluding hydrogens is 478 g/mol. The number of nitrogens with one attached hydrogen (secondary N) is 1. The molecule has 2 heterocycles. The lowest BCUT2D eigenvalue weighted by atomic mass is 10.1. The molecule has 1 N–H and O–H groups in total. The minimum Gasteiger partial charge on any atom is -0.478 e. The van der Waals surface area contributed by atoms with E-state index >= 15 is 0 Å². The van der Waals surface area contributed by atoms with Crippen molar-refractivity contribution in [3.63, 3.8) is 0 Å². The Morgan fingerprint density at radius 3 is 2.66 bits per heavy atom. The minimum absolute atomic E-state index is 0.00777.